The number of carbonyl (C=O) groups is 1. The van der Waals surface area contributed by atoms with Crippen LogP contribution in [0.3, 0.4) is 0 Å². The Bertz CT molecular complexity index is 444. The molecule has 0 amide bonds. The molecular weight excluding hydrogens is 215 g/mol. The number of aryl methyl sites for hydroxylation is 1. The number of rotatable bonds is 2. The first kappa shape index (κ1) is 13.8. The minimum absolute atomic E-state index is 0. The fourth-order valence-corrected chi connectivity index (χ4v) is 1.61. The molecular formula is C8H9NaO4S. The second kappa shape index (κ2) is 5.04. The Morgan fingerprint density at radius 1 is 1.36 bits per heavy atom. The first-order valence-electron chi connectivity index (χ1n) is 3.48. The summed E-state index contributed by atoms with van der Waals surface area (Å²) in [4.78, 5) is 10.1. The molecule has 14 heavy (non-hydrogen) atoms. The van der Waals surface area contributed by atoms with Gasteiger partial charge in [-0.1, -0.05) is 0 Å². The first-order valence-corrected chi connectivity index (χ1v) is 4.92. The maximum Gasteiger partial charge on any atom is 1.00 e. The van der Waals surface area contributed by atoms with Gasteiger partial charge in [-0.05, 0) is 30.7 Å². The topological polar surface area (TPSA) is 71.4 Å². The Labute approximate surface area is 106 Å². The van der Waals surface area contributed by atoms with Crippen LogP contribution in [0, 0.1) is 6.92 Å². The van der Waals surface area contributed by atoms with Gasteiger partial charge in [0.05, 0.1) is 4.90 Å². The van der Waals surface area contributed by atoms with E-state index in [2.05, 4.69) is 0 Å². The van der Waals surface area contributed by atoms with Crippen LogP contribution in [0.25, 0.3) is 0 Å². The van der Waals surface area contributed by atoms with Gasteiger partial charge in [-0.3, -0.25) is 9.35 Å². The van der Waals surface area contributed by atoms with Crippen molar-refractivity contribution in [1.82, 2.24) is 0 Å². The third-order valence-corrected chi connectivity index (χ3v) is 2.34. The number of benzene rings is 1. The van der Waals surface area contributed by atoms with Gasteiger partial charge in [0, 0.05) is 5.56 Å². The molecule has 0 spiro atoms. The van der Waals surface area contributed by atoms with E-state index in [4.69, 9.17) is 4.55 Å². The molecule has 1 aromatic carbocycles. The van der Waals surface area contributed by atoms with Gasteiger partial charge in [0.2, 0.25) is 0 Å². The Balaban J connectivity index is 0. The third kappa shape index (κ3) is 3.51. The fraction of sp³-hybridized carbons (Fsp3) is 0.125. The Morgan fingerprint density at radius 2 is 1.93 bits per heavy atom. The summed E-state index contributed by atoms with van der Waals surface area (Å²) in [7, 11) is -4.22. The Hall–Kier alpha value is -0.200. The van der Waals surface area contributed by atoms with Gasteiger partial charge in [-0.15, -0.1) is 0 Å². The summed E-state index contributed by atoms with van der Waals surface area (Å²) >= 11 is 0. The summed E-state index contributed by atoms with van der Waals surface area (Å²) in [5.41, 5.74) is 0.838. The Kier molecular flexibility index (Phi) is 4.97. The standard InChI is InChI=1S/C8H8O4S.Na.H/c1-6-2-7(5-9)4-8(3-6)13(10,11)12;;/h2-5H,1H3,(H,10,11,12);;/q;+1;-1. The molecule has 0 aliphatic rings. The van der Waals surface area contributed by atoms with Crippen LogP contribution < -0.4 is 29.6 Å². The summed E-state index contributed by atoms with van der Waals surface area (Å²) in [5.74, 6) is 0. The van der Waals surface area contributed by atoms with E-state index >= 15 is 0 Å². The predicted octanol–water partition coefficient (Wildman–Crippen LogP) is -1.83. The zero-order chi connectivity index (χ0) is 10.1. The van der Waals surface area contributed by atoms with Gasteiger partial charge >= 0.3 is 29.6 Å². The molecule has 0 bridgehead atoms. The molecule has 1 N–H and O–H groups in total. The maximum atomic E-state index is 10.7. The molecule has 0 aliphatic heterocycles. The summed E-state index contributed by atoms with van der Waals surface area (Å²) in [6.45, 7) is 1.64. The second-order valence-electron chi connectivity index (χ2n) is 2.67. The molecule has 1 rings (SSSR count). The van der Waals surface area contributed by atoms with Gasteiger partial charge in [0.25, 0.3) is 10.1 Å². The number of hydrogen-bond acceptors (Lipinski definition) is 3. The molecule has 0 atom stereocenters. The SMILES string of the molecule is Cc1cc(C=O)cc(S(=O)(=O)O)c1.[H-].[Na+]. The molecule has 0 radical (unpaired) electrons. The van der Waals surface area contributed by atoms with E-state index in [1.807, 2.05) is 0 Å². The molecule has 0 fully saturated rings. The minimum Gasteiger partial charge on any atom is -1.00 e. The van der Waals surface area contributed by atoms with Crippen LogP contribution in [0.5, 0.6) is 0 Å². The van der Waals surface area contributed by atoms with Crippen molar-refractivity contribution < 1.29 is 48.7 Å². The molecule has 1 aromatic rings. The van der Waals surface area contributed by atoms with Crippen molar-refractivity contribution in [2.45, 2.75) is 11.8 Å². The second-order valence-corrected chi connectivity index (χ2v) is 4.09. The van der Waals surface area contributed by atoms with Crippen LogP contribution in [-0.2, 0) is 10.1 Å². The third-order valence-electron chi connectivity index (χ3n) is 1.51. The quantitative estimate of drug-likeness (QED) is 0.364. The molecule has 0 aliphatic carbocycles. The number of aldehydes is 1. The van der Waals surface area contributed by atoms with Crippen molar-refractivity contribution in [1.29, 1.82) is 0 Å². The monoisotopic (exact) mass is 224 g/mol. The first-order chi connectivity index (χ1) is 5.93. The number of hydrogen-bond donors (Lipinski definition) is 1. The van der Waals surface area contributed by atoms with Crippen LogP contribution in [0.15, 0.2) is 23.1 Å². The average Bonchev–Trinajstić information content (AvgIpc) is 2.01. The van der Waals surface area contributed by atoms with E-state index in [0.717, 1.165) is 6.07 Å². The van der Waals surface area contributed by atoms with Gasteiger partial charge < -0.3 is 1.43 Å². The van der Waals surface area contributed by atoms with E-state index in [0.29, 0.717) is 11.8 Å². The molecule has 0 saturated heterocycles. The summed E-state index contributed by atoms with van der Waals surface area (Å²) in [6, 6.07) is 3.94. The average molecular weight is 224 g/mol. The van der Waals surface area contributed by atoms with E-state index < -0.39 is 10.1 Å². The molecule has 4 nitrogen and oxygen atoms in total. The number of carbonyl (C=O) groups excluding carboxylic acids is 1. The zero-order valence-corrected chi connectivity index (χ0v) is 10.7. The normalized spacial score (nSPS) is 10.4. The summed E-state index contributed by atoms with van der Waals surface area (Å²) < 4.78 is 30.1. The van der Waals surface area contributed by atoms with Gasteiger partial charge in [-0.2, -0.15) is 8.42 Å². The van der Waals surface area contributed by atoms with Gasteiger partial charge in [-0.25, -0.2) is 0 Å². The van der Waals surface area contributed by atoms with Crippen LogP contribution >= 0.6 is 0 Å². The van der Waals surface area contributed by atoms with E-state index in [-0.39, 0.29) is 41.4 Å². The van der Waals surface area contributed by atoms with Gasteiger partial charge in [0.1, 0.15) is 6.29 Å². The van der Waals surface area contributed by atoms with Crippen LogP contribution in [0.4, 0.5) is 0 Å². The smallest absolute Gasteiger partial charge is 1.00 e. The van der Waals surface area contributed by atoms with Crippen molar-refractivity contribution in [2.75, 3.05) is 0 Å². The van der Waals surface area contributed by atoms with Crippen molar-refractivity contribution in [3.63, 3.8) is 0 Å². The van der Waals surface area contributed by atoms with Gasteiger partial charge in [0.15, 0.2) is 0 Å². The van der Waals surface area contributed by atoms with E-state index in [9.17, 15) is 13.2 Å². The fourth-order valence-electron chi connectivity index (χ4n) is 0.994. The molecule has 0 saturated carbocycles. The Morgan fingerprint density at radius 3 is 2.36 bits per heavy atom. The largest absolute Gasteiger partial charge is 1.00 e. The minimum atomic E-state index is -4.22. The predicted molar refractivity (Wildman–Crippen MR) is 47.5 cm³/mol. The van der Waals surface area contributed by atoms with Crippen molar-refractivity contribution in [3.8, 4) is 0 Å². The molecule has 72 valence electrons. The van der Waals surface area contributed by atoms with Crippen molar-refractivity contribution in [3.05, 3.63) is 29.3 Å². The summed E-state index contributed by atoms with van der Waals surface area (Å²) in [6.07, 6.45) is 0.529. The molecule has 0 heterocycles. The van der Waals surface area contributed by atoms with Crippen molar-refractivity contribution >= 4 is 16.4 Å². The molecule has 6 heteroatoms. The van der Waals surface area contributed by atoms with Crippen LogP contribution in [0.2, 0.25) is 0 Å². The van der Waals surface area contributed by atoms with E-state index in [1.165, 1.54) is 12.1 Å². The van der Waals surface area contributed by atoms with Crippen LogP contribution in [0.1, 0.15) is 17.3 Å². The molecule has 0 unspecified atom stereocenters. The molecule has 0 aromatic heterocycles. The maximum absolute atomic E-state index is 10.7. The van der Waals surface area contributed by atoms with Crippen molar-refractivity contribution in [2.24, 2.45) is 0 Å². The van der Waals surface area contributed by atoms with E-state index in [1.54, 1.807) is 6.92 Å². The summed E-state index contributed by atoms with van der Waals surface area (Å²) in [5, 5.41) is 0. The van der Waals surface area contributed by atoms with Crippen LogP contribution in [-0.4, -0.2) is 19.3 Å². The zero-order valence-electron chi connectivity index (χ0n) is 8.89.